The van der Waals surface area contributed by atoms with Crippen LogP contribution >= 0.6 is 11.5 Å². The molecule has 1 unspecified atom stereocenters. The van der Waals surface area contributed by atoms with E-state index in [4.69, 9.17) is 4.37 Å². The van der Waals surface area contributed by atoms with Gasteiger partial charge < -0.3 is 4.90 Å². The van der Waals surface area contributed by atoms with Crippen molar-refractivity contribution in [3.63, 3.8) is 0 Å². The smallest absolute Gasteiger partial charge is 0.233 e. The monoisotopic (exact) mass is 440 g/mol. The zero-order chi connectivity index (χ0) is 21.4. The van der Waals surface area contributed by atoms with Gasteiger partial charge in [0.15, 0.2) is 0 Å². The van der Waals surface area contributed by atoms with Crippen LogP contribution in [0.2, 0.25) is 0 Å². The highest BCUT2D eigenvalue weighted by atomic mass is 32.1. The Morgan fingerprint density at radius 2 is 1.71 bits per heavy atom. The lowest BCUT2D eigenvalue weighted by Crippen LogP contribution is -2.46. The Morgan fingerprint density at radius 1 is 0.968 bits per heavy atom. The number of carbonyl (C=O) groups is 2. The number of unbranched alkanes of at least 4 members (excludes halogenated alkanes) is 1. The third-order valence-corrected chi connectivity index (χ3v) is 8.23. The van der Waals surface area contributed by atoms with Gasteiger partial charge in [0.2, 0.25) is 11.8 Å². The molecule has 2 aliphatic heterocycles. The van der Waals surface area contributed by atoms with E-state index in [2.05, 4.69) is 41.0 Å². The van der Waals surface area contributed by atoms with E-state index in [1.807, 2.05) is 0 Å². The van der Waals surface area contributed by atoms with Crippen molar-refractivity contribution in [2.75, 3.05) is 44.2 Å². The van der Waals surface area contributed by atoms with Crippen molar-refractivity contribution in [3.05, 3.63) is 24.3 Å². The highest BCUT2D eigenvalue weighted by Crippen LogP contribution is 2.40. The molecule has 1 aromatic heterocycles. The first-order valence-corrected chi connectivity index (χ1v) is 12.6. The first-order chi connectivity index (χ1) is 15.1. The number of rotatable bonds is 6. The van der Waals surface area contributed by atoms with E-state index < -0.39 is 0 Å². The molecule has 0 radical (unpaired) electrons. The zero-order valence-corrected chi connectivity index (χ0v) is 19.1. The van der Waals surface area contributed by atoms with Crippen molar-refractivity contribution < 1.29 is 9.59 Å². The van der Waals surface area contributed by atoms with E-state index in [1.54, 1.807) is 16.4 Å². The lowest BCUT2D eigenvalue weighted by molar-refractivity contribution is -0.140. The second-order valence-electron chi connectivity index (χ2n) is 9.50. The predicted octanol–water partition coefficient (Wildman–Crippen LogP) is 3.62. The maximum Gasteiger partial charge on any atom is 0.233 e. The number of likely N-dealkylation sites (tertiary alicyclic amines) is 1. The Bertz CT molecular complexity index is 952. The topological polar surface area (TPSA) is 56.8 Å². The lowest BCUT2D eigenvalue weighted by atomic mass is 9.76. The number of aromatic nitrogens is 1. The Balaban J connectivity index is 1.06. The van der Waals surface area contributed by atoms with Gasteiger partial charge in [-0.25, -0.2) is 0 Å². The fourth-order valence-electron chi connectivity index (χ4n) is 5.57. The minimum Gasteiger partial charge on any atom is -0.353 e. The highest BCUT2D eigenvalue weighted by molar-refractivity contribution is 7.13. The molecule has 1 saturated carbocycles. The van der Waals surface area contributed by atoms with Gasteiger partial charge in [0.1, 0.15) is 5.82 Å². The van der Waals surface area contributed by atoms with Gasteiger partial charge in [0, 0.05) is 38.1 Å². The predicted molar refractivity (Wildman–Crippen MR) is 124 cm³/mol. The number of nitrogens with zero attached hydrogens (tertiary/aromatic N) is 4. The van der Waals surface area contributed by atoms with E-state index in [0.717, 1.165) is 70.6 Å². The van der Waals surface area contributed by atoms with Crippen LogP contribution in [0.4, 0.5) is 5.82 Å². The molecule has 0 N–H and O–H groups in total. The van der Waals surface area contributed by atoms with Gasteiger partial charge in [-0.3, -0.25) is 19.4 Å². The van der Waals surface area contributed by atoms with Crippen LogP contribution in [0, 0.1) is 17.8 Å². The van der Waals surface area contributed by atoms with Crippen LogP contribution in [0.5, 0.6) is 0 Å². The largest absolute Gasteiger partial charge is 0.353 e. The molecule has 31 heavy (non-hydrogen) atoms. The molecular weight excluding hydrogens is 408 g/mol. The second kappa shape index (κ2) is 8.87. The third kappa shape index (κ3) is 4.10. The minimum atomic E-state index is -0.0360. The van der Waals surface area contributed by atoms with Crippen molar-refractivity contribution in [1.29, 1.82) is 0 Å². The van der Waals surface area contributed by atoms with Crippen molar-refractivity contribution >= 4 is 39.3 Å². The highest BCUT2D eigenvalue weighted by Gasteiger charge is 2.48. The molecule has 0 bridgehead atoms. The number of fused-ring (bicyclic) bond motifs is 2. The average molecular weight is 441 g/mol. The van der Waals surface area contributed by atoms with Gasteiger partial charge in [0.25, 0.3) is 0 Å². The summed E-state index contributed by atoms with van der Waals surface area (Å²) in [6, 6.07) is 8.46. The normalized spacial score (nSPS) is 27.3. The Labute approximate surface area is 188 Å². The molecular formula is C24H32N4O2S. The number of carbonyl (C=O) groups excluding carboxylic acids is 2. The summed E-state index contributed by atoms with van der Waals surface area (Å²) in [5.74, 6) is 1.84. The Hall–Kier alpha value is -1.99. The number of hydrogen-bond acceptors (Lipinski definition) is 6. The summed E-state index contributed by atoms with van der Waals surface area (Å²) in [4.78, 5) is 31.9. The van der Waals surface area contributed by atoms with Crippen LogP contribution in [-0.4, -0.2) is 65.3 Å². The lowest BCUT2D eigenvalue weighted by Gasteiger charge is -2.35. The van der Waals surface area contributed by atoms with Gasteiger partial charge in [-0.15, -0.1) is 0 Å². The van der Waals surface area contributed by atoms with Crippen molar-refractivity contribution in [3.8, 4) is 0 Å². The number of piperazine rings is 1. The maximum absolute atomic E-state index is 12.7. The molecule has 2 amide bonds. The molecule has 166 valence electrons. The molecule has 5 rings (SSSR count). The molecule has 0 spiro atoms. The van der Waals surface area contributed by atoms with E-state index in [9.17, 15) is 9.59 Å². The van der Waals surface area contributed by atoms with Crippen LogP contribution in [0.1, 0.15) is 39.0 Å². The van der Waals surface area contributed by atoms with Crippen molar-refractivity contribution in [1.82, 2.24) is 14.2 Å². The Morgan fingerprint density at radius 3 is 2.55 bits per heavy atom. The fraction of sp³-hybridized carbons (Fsp3) is 0.625. The summed E-state index contributed by atoms with van der Waals surface area (Å²) < 4.78 is 5.94. The molecule has 3 aliphatic rings. The standard InChI is InChI=1S/C24H32N4O2S/c1-17-8-9-18-20(16-17)24(30)28(23(18)29)11-5-4-10-26-12-14-27(15-13-26)22-19-6-2-3-7-21(19)31-25-22/h2-3,6-7,17-18,20H,4-5,8-16H2,1H3/t17?,18-,20+/m0/s1. The molecule has 6 nitrogen and oxygen atoms in total. The third-order valence-electron chi connectivity index (χ3n) is 7.42. The van der Waals surface area contributed by atoms with E-state index in [0.29, 0.717) is 12.5 Å². The zero-order valence-electron chi connectivity index (χ0n) is 18.3. The molecule has 3 heterocycles. The molecule has 3 fully saturated rings. The molecule has 2 aromatic rings. The fourth-order valence-corrected chi connectivity index (χ4v) is 6.36. The maximum atomic E-state index is 12.7. The first kappa shape index (κ1) is 20.9. The van der Waals surface area contributed by atoms with E-state index in [-0.39, 0.29) is 23.7 Å². The molecule has 3 atom stereocenters. The average Bonchev–Trinajstić information content (AvgIpc) is 3.32. The van der Waals surface area contributed by atoms with E-state index in [1.165, 1.54) is 10.1 Å². The summed E-state index contributed by atoms with van der Waals surface area (Å²) in [7, 11) is 0. The summed E-state index contributed by atoms with van der Waals surface area (Å²) in [6.07, 6.45) is 4.80. The van der Waals surface area contributed by atoms with Gasteiger partial charge in [-0.2, -0.15) is 4.37 Å². The number of anilines is 1. The van der Waals surface area contributed by atoms with Crippen molar-refractivity contribution in [2.45, 2.75) is 39.0 Å². The molecule has 7 heteroatoms. The summed E-state index contributed by atoms with van der Waals surface area (Å²) in [5, 5.41) is 1.26. The van der Waals surface area contributed by atoms with Gasteiger partial charge in [-0.1, -0.05) is 19.1 Å². The van der Waals surface area contributed by atoms with Gasteiger partial charge >= 0.3 is 0 Å². The van der Waals surface area contributed by atoms with Crippen molar-refractivity contribution in [2.24, 2.45) is 17.8 Å². The van der Waals surface area contributed by atoms with E-state index >= 15 is 0 Å². The van der Waals surface area contributed by atoms with Crippen LogP contribution in [0.25, 0.3) is 10.1 Å². The molecule has 2 saturated heterocycles. The number of amides is 2. The van der Waals surface area contributed by atoms with Gasteiger partial charge in [-0.05, 0) is 68.2 Å². The number of benzene rings is 1. The summed E-state index contributed by atoms with van der Waals surface area (Å²) in [5.41, 5.74) is 0. The molecule has 1 aliphatic carbocycles. The minimum absolute atomic E-state index is 0.0291. The van der Waals surface area contributed by atoms with Crippen LogP contribution in [0.15, 0.2) is 24.3 Å². The summed E-state index contributed by atoms with van der Waals surface area (Å²) in [6.45, 7) is 7.91. The molecule has 1 aromatic carbocycles. The SMILES string of the molecule is CC1CC[C@@H]2C(=O)N(CCCCN3CCN(c4nsc5ccccc45)CC3)C(=O)[C@@H]2C1. The Kier molecular flexibility index (Phi) is 5.97. The van der Waals surface area contributed by atoms with Crippen LogP contribution in [-0.2, 0) is 9.59 Å². The second-order valence-corrected chi connectivity index (χ2v) is 10.3. The van der Waals surface area contributed by atoms with Crippen LogP contribution in [0.3, 0.4) is 0 Å². The number of imide groups is 1. The van der Waals surface area contributed by atoms with Crippen LogP contribution < -0.4 is 4.90 Å². The summed E-state index contributed by atoms with van der Waals surface area (Å²) >= 11 is 1.58. The quantitative estimate of drug-likeness (QED) is 0.507. The first-order valence-electron chi connectivity index (χ1n) is 11.8. The van der Waals surface area contributed by atoms with Gasteiger partial charge in [0.05, 0.1) is 16.5 Å². The number of hydrogen-bond donors (Lipinski definition) is 0.